The van der Waals surface area contributed by atoms with Gasteiger partial charge in [0, 0.05) is 12.5 Å². The predicted octanol–water partition coefficient (Wildman–Crippen LogP) is 2.29. The van der Waals surface area contributed by atoms with Crippen molar-refractivity contribution in [1.82, 2.24) is 9.38 Å². The zero-order chi connectivity index (χ0) is 11.0. The maximum absolute atomic E-state index is 5.80. The highest BCUT2D eigenvalue weighted by Gasteiger charge is 2.10. The molecular formula is C11H14BrN3. The zero-order valence-electron chi connectivity index (χ0n) is 8.87. The second-order valence-corrected chi connectivity index (χ2v) is 4.67. The van der Waals surface area contributed by atoms with Crippen molar-refractivity contribution in [2.75, 3.05) is 0 Å². The van der Waals surface area contributed by atoms with E-state index < -0.39 is 0 Å². The minimum atomic E-state index is 0.141. The minimum Gasteiger partial charge on any atom is -0.328 e. The molecule has 1 unspecified atom stereocenters. The van der Waals surface area contributed by atoms with Crippen LogP contribution < -0.4 is 5.73 Å². The average Bonchev–Trinajstić information content (AvgIpc) is 2.44. The molecule has 80 valence electrons. The number of aryl methyl sites for hydroxylation is 1. The van der Waals surface area contributed by atoms with Crippen LogP contribution in [0.15, 0.2) is 22.8 Å². The van der Waals surface area contributed by atoms with E-state index in [0.29, 0.717) is 0 Å². The lowest BCUT2D eigenvalue weighted by molar-refractivity contribution is 0.728. The number of halogens is 1. The zero-order valence-corrected chi connectivity index (χ0v) is 10.5. The first-order chi connectivity index (χ1) is 7.09. The Bertz CT molecular complexity index is 488. The van der Waals surface area contributed by atoms with Gasteiger partial charge in [-0.2, -0.15) is 0 Å². The van der Waals surface area contributed by atoms with E-state index in [0.717, 1.165) is 28.1 Å². The van der Waals surface area contributed by atoms with E-state index in [2.05, 4.69) is 31.4 Å². The number of nitrogens with two attached hydrogens (primary N) is 1. The lowest BCUT2D eigenvalue weighted by Crippen LogP contribution is -2.18. The molecule has 0 amide bonds. The van der Waals surface area contributed by atoms with Crippen LogP contribution in [0.3, 0.4) is 0 Å². The summed E-state index contributed by atoms with van der Waals surface area (Å²) in [6.45, 7) is 4.00. The Balaban J connectivity index is 2.63. The average molecular weight is 268 g/mol. The Kier molecular flexibility index (Phi) is 2.80. The van der Waals surface area contributed by atoms with Gasteiger partial charge in [-0.3, -0.25) is 4.40 Å². The smallest absolute Gasteiger partial charge is 0.111 e. The normalized spacial score (nSPS) is 13.3. The Labute approximate surface area is 97.4 Å². The molecule has 0 aliphatic carbocycles. The van der Waals surface area contributed by atoms with E-state index >= 15 is 0 Å². The van der Waals surface area contributed by atoms with Crippen molar-refractivity contribution in [1.29, 1.82) is 0 Å². The van der Waals surface area contributed by atoms with Crippen LogP contribution in [0.4, 0.5) is 0 Å². The number of pyridine rings is 1. The van der Waals surface area contributed by atoms with Crippen molar-refractivity contribution < 1.29 is 0 Å². The third-order valence-electron chi connectivity index (χ3n) is 2.37. The highest BCUT2D eigenvalue weighted by molar-refractivity contribution is 9.10. The van der Waals surface area contributed by atoms with E-state index in [1.165, 1.54) is 0 Å². The van der Waals surface area contributed by atoms with Gasteiger partial charge < -0.3 is 5.73 Å². The Morgan fingerprint density at radius 1 is 1.53 bits per heavy atom. The van der Waals surface area contributed by atoms with Crippen molar-refractivity contribution in [3.8, 4) is 0 Å². The lowest BCUT2D eigenvalue weighted by Gasteiger charge is -2.03. The van der Waals surface area contributed by atoms with Crippen molar-refractivity contribution in [2.45, 2.75) is 26.3 Å². The lowest BCUT2D eigenvalue weighted by atomic mass is 10.2. The Hall–Kier alpha value is -0.870. The highest BCUT2D eigenvalue weighted by Crippen LogP contribution is 2.20. The number of rotatable bonds is 2. The maximum Gasteiger partial charge on any atom is 0.111 e. The van der Waals surface area contributed by atoms with Crippen molar-refractivity contribution in [2.24, 2.45) is 5.73 Å². The molecule has 2 aromatic rings. The van der Waals surface area contributed by atoms with Gasteiger partial charge >= 0.3 is 0 Å². The molecule has 4 heteroatoms. The molecule has 0 saturated heterocycles. The fourth-order valence-corrected chi connectivity index (χ4v) is 2.39. The summed E-state index contributed by atoms with van der Waals surface area (Å²) in [5, 5.41) is 0. The van der Waals surface area contributed by atoms with E-state index in [4.69, 9.17) is 5.73 Å². The minimum absolute atomic E-state index is 0.141. The van der Waals surface area contributed by atoms with Gasteiger partial charge in [-0.05, 0) is 41.9 Å². The molecule has 15 heavy (non-hydrogen) atoms. The van der Waals surface area contributed by atoms with Crippen molar-refractivity contribution >= 4 is 21.4 Å². The summed E-state index contributed by atoms with van der Waals surface area (Å²) < 4.78 is 3.12. The molecule has 2 N–H and O–H groups in total. The number of aromatic nitrogens is 2. The third-order valence-corrected chi connectivity index (χ3v) is 2.99. The number of hydrogen-bond donors (Lipinski definition) is 1. The summed E-state index contributed by atoms with van der Waals surface area (Å²) in [5.41, 5.74) is 8.01. The molecular weight excluding hydrogens is 254 g/mol. The summed E-state index contributed by atoms with van der Waals surface area (Å²) >= 11 is 3.52. The van der Waals surface area contributed by atoms with E-state index in [1.807, 2.05) is 26.0 Å². The number of imidazole rings is 1. The monoisotopic (exact) mass is 267 g/mol. The van der Waals surface area contributed by atoms with Gasteiger partial charge in [0.2, 0.25) is 0 Å². The van der Waals surface area contributed by atoms with Crippen LogP contribution >= 0.6 is 15.9 Å². The van der Waals surface area contributed by atoms with Crippen LogP contribution in [-0.4, -0.2) is 15.4 Å². The molecule has 2 heterocycles. The van der Waals surface area contributed by atoms with E-state index in [-0.39, 0.29) is 6.04 Å². The van der Waals surface area contributed by atoms with Crippen LogP contribution in [0.5, 0.6) is 0 Å². The number of hydrogen-bond acceptors (Lipinski definition) is 2. The molecule has 0 aliphatic rings. The van der Waals surface area contributed by atoms with Gasteiger partial charge in [-0.25, -0.2) is 4.98 Å². The van der Waals surface area contributed by atoms with E-state index in [9.17, 15) is 0 Å². The molecule has 2 rings (SSSR count). The van der Waals surface area contributed by atoms with Crippen LogP contribution in [0, 0.1) is 6.92 Å². The molecule has 0 fully saturated rings. The van der Waals surface area contributed by atoms with Crippen molar-refractivity contribution in [3.63, 3.8) is 0 Å². The van der Waals surface area contributed by atoms with Gasteiger partial charge in [-0.15, -0.1) is 0 Å². The SMILES string of the molecule is Cc1nc(CC(C)N)c2cccc(Br)n12. The first kappa shape index (κ1) is 10.6. The van der Waals surface area contributed by atoms with Crippen LogP contribution in [0.2, 0.25) is 0 Å². The molecule has 0 saturated carbocycles. The van der Waals surface area contributed by atoms with Gasteiger partial charge in [0.1, 0.15) is 5.82 Å². The first-order valence-corrected chi connectivity index (χ1v) is 5.77. The summed E-state index contributed by atoms with van der Waals surface area (Å²) in [7, 11) is 0. The van der Waals surface area contributed by atoms with Gasteiger partial charge in [0.15, 0.2) is 0 Å². The fraction of sp³-hybridized carbons (Fsp3) is 0.364. The molecule has 0 spiro atoms. The van der Waals surface area contributed by atoms with Crippen molar-refractivity contribution in [3.05, 3.63) is 34.3 Å². The second-order valence-electron chi connectivity index (χ2n) is 3.86. The fourth-order valence-electron chi connectivity index (χ4n) is 1.79. The summed E-state index contributed by atoms with van der Waals surface area (Å²) in [5.74, 6) is 0.994. The number of nitrogens with zero attached hydrogens (tertiary/aromatic N) is 2. The Morgan fingerprint density at radius 3 is 2.93 bits per heavy atom. The first-order valence-electron chi connectivity index (χ1n) is 4.97. The van der Waals surface area contributed by atoms with Gasteiger partial charge in [0.25, 0.3) is 0 Å². The molecule has 0 bridgehead atoms. The quantitative estimate of drug-likeness (QED) is 0.849. The number of fused-ring (bicyclic) bond motifs is 1. The van der Waals surface area contributed by atoms with Crippen LogP contribution in [-0.2, 0) is 6.42 Å². The molecule has 0 radical (unpaired) electrons. The molecule has 0 aliphatic heterocycles. The van der Waals surface area contributed by atoms with Crippen LogP contribution in [0.1, 0.15) is 18.4 Å². The highest BCUT2D eigenvalue weighted by atomic mass is 79.9. The second kappa shape index (κ2) is 3.94. The Morgan fingerprint density at radius 2 is 2.27 bits per heavy atom. The molecule has 2 aromatic heterocycles. The third kappa shape index (κ3) is 1.92. The van der Waals surface area contributed by atoms with Crippen LogP contribution in [0.25, 0.3) is 5.52 Å². The van der Waals surface area contributed by atoms with Gasteiger partial charge in [-0.1, -0.05) is 6.07 Å². The van der Waals surface area contributed by atoms with E-state index in [1.54, 1.807) is 0 Å². The maximum atomic E-state index is 5.80. The standard InChI is InChI=1S/C11H14BrN3/c1-7(13)6-9-10-4-3-5-11(12)15(10)8(2)14-9/h3-5,7H,6,13H2,1-2H3. The molecule has 1 atom stereocenters. The summed E-state index contributed by atoms with van der Waals surface area (Å²) in [4.78, 5) is 4.54. The molecule has 0 aromatic carbocycles. The predicted molar refractivity (Wildman–Crippen MR) is 65.0 cm³/mol. The summed E-state index contributed by atoms with van der Waals surface area (Å²) in [6.07, 6.45) is 0.813. The topological polar surface area (TPSA) is 43.3 Å². The molecule has 3 nitrogen and oxygen atoms in total. The van der Waals surface area contributed by atoms with Gasteiger partial charge in [0.05, 0.1) is 15.8 Å². The summed E-state index contributed by atoms with van der Waals surface area (Å²) in [6, 6.07) is 6.24. The largest absolute Gasteiger partial charge is 0.328 e.